The summed E-state index contributed by atoms with van der Waals surface area (Å²) in [4.78, 5) is 0. The molecule has 2 aromatic carbocycles. The first-order valence-electron chi connectivity index (χ1n) is 5.60. The molecule has 3 aromatic rings. The van der Waals surface area contributed by atoms with Gasteiger partial charge in [-0.05, 0) is 24.3 Å². The first-order chi connectivity index (χ1) is 9.24. The third-order valence-electron chi connectivity index (χ3n) is 2.66. The Hall–Kier alpha value is -1.78. The normalized spacial score (nSPS) is 10.8. The quantitative estimate of drug-likeness (QED) is 0.738. The summed E-state index contributed by atoms with van der Waals surface area (Å²) in [7, 11) is 0. The van der Waals surface area contributed by atoms with E-state index in [2.05, 4.69) is 10.3 Å². The second-order valence-electron chi connectivity index (χ2n) is 3.93. The lowest BCUT2D eigenvalue weighted by atomic mass is 10.3. The Kier molecular flexibility index (Phi) is 3.27. The molecule has 6 heteroatoms. The molecule has 0 saturated heterocycles. The molecule has 0 aliphatic carbocycles. The Bertz CT molecular complexity index is 727. The number of nitrogens with zero attached hydrogens (tertiary/aromatic N) is 3. The monoisotopic (exact) mass is 293 g/mol. The summed E-state index contributed by atoms with van der Waals surface area (Å²) in [6.07, 6.45) is 0. The number of halogens is 2. The van der Waals surface area contributed by atoms with Crippen LogP contribution in [-0.4, -0.2) is 15.0 Å². The molecule has 0 saturated carbocycles. The van der Waals surface area contributed by atoms with Crippen molar-refractivity contribution in [1.29, 1.82) is 0 Å². The SMILES string of the molecule is Clc1ccc(Cl)c(OCn2nnc3ccccc32)c1. The van der Waals surface area contributed by atoms with E-state index in [0.29, 0.717) is 15.8 Å². The highest BCUT2D eigenvalue weighted by Gasteiger charge is 2.06. The van der Waals surface area contributed by atoms with Crippen LogP contribution in [-0.2, 0) is 6.73 Å². The van der Waals surface area contributed by atoms with Gasteiger partial charge in [0.2, 0.25) is 0 Å². The van der Waals surface area contributed by atoms with Gasteiger partial charge in [-0.25, -0.2) is 4.68 Å². The number of aromatic nitrogens is 3. The molecule has 0 aliphatic rings. The maximum absolute atomic E-state index is 6.03. The molecule has 0 unspecified atom stereocenters. The van der Waals surface area contributed by atoms with Gasteiger partial charge in [0.25, 0.3) is 0 Å². The van der Waals surface area contributed by atoms with E-state index >= 15 is 0 Å². The largest absolute Gasteiger partial charge is 0.470 e. The standard InChI is InChI=1S/C13H9Cl2N3O/c14-9-5-6-10(15)13(7-9)19-8-18-12-4-2-1-3-11(12)16-17-18/h1-7H,8H2. The fourth-order valence-electron chi connectivity index (χ4n) is 1.73. The van der Waals surface area contributed by atoms with Crippen molar-refractivity contribution in [3.05, 3.63) is 52.5 Å². The molecule has 4 nitrogen and oxygen atoms in total. The van der Waals surface area contributed by atoms with Gasteiger partial charge in [-0.2, -0.15) is 0 Å². The van der Waals surface area contributed by atoms with Gasteiger partial charge in [0.15, 0.2) is 6.73 Å². The molecule has 0 aliphatic heterocycles. The van der Waals surface area contributed by atoms with E-state index in [9.17, 15) is 0 Å². The Morgan fingerprint density at radius 1 is 1.11 bits per heavy atom. The van der Waals surface area contributed by atoms with Crippen molar-refractivity contribution < 1.29 is 4.74 Å². The van der Waals surface area contributed by atoms with Crippen LogP contribution in [0.5, 0.6) is 5.75 Å². The van der Waals surface area contributed by atoms with Crippen molar-refractivity contribution in [2.75, 3.05) is 0 Å². The molecule has 0 atom stereocenters. The average molecular weight is 294 g/mol. The number of fused-ring (bicyclic) bond motifs is 1. The van der Waals surface area contributed by atoms with Crippen LogP contribution >= 0.6 is 23.2 Å². The van der Waals surface area contributed by atoms with E-state index in [-0.39, 0.29) is 6.73 Å². The molecule has 0 N–H and O–H groups in total. The van der Waals surface area contributed by atoms with Crippen molar-refractivity contribution in [3.63, 3.8) is 0 Å². The lowest BCUT2D eigenvalue weighted by molar-refractivity contribution is 0.223. The fourth-order valence-corrected chi connectivity index (χ4v) is 2.07. The Morgan fingerprint density at radius 3 is 2.84 bits per heavy atom. The fraction of sp³-hybridized carbons (Fsp3) is 0.0769. The number of benzene rings is 2. The Balaban J connectivity index is 1.84. The third kappa shape index (κ3) is 2.50. The molecule has 1 heterocycles. The van der Waals surface area contributed by atoms with Crippen molar-refractivity contribution in [2.45, 2.75) is 6.73 Å². The zero-order chi connectivity index (χ0) is 13.2. The molecular weight excluding hydrogens is 285 g/mol. The maximum atomic E-state index is 6.03. The van der Waals surface area contributed by atoms with E-state index in [4.69, 9.17) is 27.9 Å². The first kappa shape index (κ1) is 12.3. The van der Waals surface area contributed by atoms with Crippen LogP contribution in [0.4, 0.5) is 0 Å². The zero-order valence-corrected chi connectivity index (χ0v) is 11.3. The molecular formula is C13H9Cl2N3O. The van der Waals surface area contributed by atoms with Crippen molar-refractivity contribution in [3.8, 4) is 5.75 Å². The van der Waals surface area contributed by atoms with Crippen LogP contribution in [0.3, 0.4) is 0 Å². The van der Waals surface area contributed by atoms with Crippen LogP contribution in [0.1, 0.15) is 0 Å². The molecule has 0 bridgehead atoms. The van der Waals surface area contributed by atoms with Crippen LogP contribution in [0.15, 0.2) is 42.5 Å². The minimum absolute atomic E-state index is 0.223. The molecule has 0 fully saturated rings. The minimum atomic E-state index is 0.223. The predicted octanol–water partition coefficient (Wildman–Crippen LogP) is 3.77. The van der Waals surface area contributed by atoms with E-state index in [0.717, 1.165) is 11.0 Å². The number of rotatable bonds is 3. The van der Waals surface area contributed by atoms with Gasteiger partial charge in [0, 0.05) is 11.1 Å². The summed E-state index contributed by atoms with van der Waals surface area (Å²) in [6.45, 7) is 0.223. The van der Waals surface area contributed by atoms with Gasteiger partial charge in [-0.3, -0.25) is 0 Å². The van der Waals surface area contributed by atoms with Gasteiger partial charge < -0.3 is 4.74 Å². The third-order valence-corrected chi connectivity index (χ3v) is 3.20. The second kappa shape index (κ2) is 5.07. The zero-order valence-electron chi connectivity index (χ0n) is 9.75. The summed E-state index contributed by atoms with van der Waals surface area (Å²) < 4.78 is 7.27. The van der Waals surface area contributed by atoms with Gasteiger partial charge in [0.1, 0.15) is 11.3 Å². The van der Waals surface area contributed by atoms with Crippen LogP contribution in [0.2, 0.25) is 10.0 Å². The first-order valence-corrected chi connectivity index (χ1v) is 6.36. The van der Waals surface area contributed by atoms with Crippen LogP contribution in [0.25, 0.3) is 11.0 Å². The van der Waals surface area contributed by atoms with Crippen LogP contribution in [0, 0.1) is 0 Å². The molecule has 19 heavy (non-hydrogen) atoms. The highest BCUT2D eigenvalue weighted by Crippen LogP contribution is 2.28. The number of ether oxygens (including phenoxy) is 1. The molecule has 0 radical (unpaired) electrons. The molecule has 96 valence electrons. The molecule has 3 rings (SSSR count). The summed E-state index contributed by atoms with van der Waals surface area (Å²) in [5.41, 5.74) is 1.73. The van der Waals surface area contributed by atoms with Gasteiger partial charge in [-0.1, -0.05) is 40.5 Å². The van der Waals surface area contributed by atoms with Gasteiger partial charge in [-0.15, -0.1) is 5.10 Å². The Labute approximate surface area is 119 Å². The van der Waals surface area contributed by atoms with Crippen molar-refractivity contribution in [2.24, 2.45) is 0 Å². The molecule has 0 amide bonds. The summed E-state index contributed by atoms with van der Waals surface area (Å²) >= 11 is 11.9. The maximum Gasteiger partial charge on any atom is 0.183 e. The Morgan fingerprint density at radius 2 is 1.95 bits per heavy atom. The van der Waals surface area contributed by atoms with E-state index in [1.165, 1.54) is 0 Å². The molecule has 1 aromatic heterocycles. The van der Waals surface area contributed by atoms with Crippen LogP contribution < -0.4 is 4.74 Å². The van der Waals surface area contributed by atoms with E-state index in [1.807, 2.05) is 24.3 Å². The number of hydrogen-bond acceptors (Lipinski definition) is 3. The molecule has 0 spiro atoms. The van der Waals surface area contributed by atoms with Crippen molar-refractivity contribution in [1.82, 2.24) is 15.0 Å². The minimum Gasteiger partial charge on any atom is -0.470 e. The lowest BCUT2D eigenvalue weighted by Gasteiger charge is -2.08. The van der Waals surface area contributed by atoms with Gasteiger partial charge >= 0.3 is 0 Å². The van der Waals surface area contributed by atoms with Gasteiger partial charge in [0.05, 0.1) is 10.5 Å². The smallest absolute Gasteiger partial charge is 0.183 e. The summed E-state index contributed by atoms with van der Waals surface area (Å²) in [5, 5.41) is 9.15. The predicted molar refractivity (Wildman–Crippen MR) is 74.6 cm³/mol. The highest BCUT2D eigenvalue weighted by atomic mass is 35.5. The summed E-state index contributed by atoms with van der Waals surface area (Å²) in [5.74, 6) is 0.522. The summed E-state index contributed by atoms with van der Waals surface area (Å²) in [6, 6.07) is 12.7. The van der Waals surface area contributed by atoms with E-state index in [1.54, 1.807) is 22.9 Å². The average Bonchev–Trinajstić information content (AvgIpc) is 2.83. The second-order valence-corrected chi connectivity index (χ2v) is 4.77. The highest BCUT2D eigenvalue weighted by molar-refractivity contribution is 6.34. The lowest BCUT2D eigenvalue weighted by Crippen LogP contribution is -2.07. The van der Waals surface area contributed by atoms with E-state index < -0.39 is 0 Å². The topological polar surface area (TPSA) is 39.9 Å². The van der Waals surface area contributed by atoms with Crippen molar-refractivity contribution >= 4 is 34.2 Å². The number of para-hydroxylation sites is 1. The number of hydrogen-bond donors (Lipinski definition) is 0.